The van der Waals surface area contributed by atoms with Gasteiger partial charge in [-0.3, -0.25) is 14.4 Å². The van der Waals surface area contributed by atoms with Gasteiger partial charge in [0.15, 0.2) is 0 Å². The summed E-state index contributed by atoms with van der Waals surface area (Å²) in [5, 5.41) is 0. The Morgan fingerprint density at radius 3 is 1.76 bits per heavy atom. The third-order valence-electron chi connectivity index (χ3n) is 2.60. The second-order valence-corrected chi connectivity index (χ2v) is 4.07. The zero-order valence-corrected chi connectivity index (χ0v) is 10.4. The first-order valence-electron chi connectivity index (χ1n) is 5.73. The first kappa shape index (κ1) is 15.4. The van der Waals surface area contributed by atoms with Crippen molar-refractivity contribution in [2.75, 3.05) is 13.1 Å². The lowest BCUT2D eigenvalue weighted by Crippen LogP contribution is -2.39. The summed E-state index contributed by atoms with van der Waals surface area (Å²) >= 11 is 0. The average Bonchev–Trinajstić information content (AvgIpc) is 2.26. The van der Waals surface area contributed by atoms with Crippen LogP contribution in [0.4, 0.5) is 0 Å². The van der Waals surface area contributed by atoms with E-state index in [0.717, 1.165) is 0 Å². The number of nitrogens with zero attached hydrogens (tertiary/aromatic N) is 1. The van der Waals surface area contributed by atoms with Gasteiger partial charge in [-0.2, -0.15) is 0 Å². The van der Waals surface area contributed by atoms with Gasteiger partial charge in [-0.05, 0) is 6.42 Å². The lowest BCUT2D eigenvalue weighted by molar-refractivity contribution is -0.135. The Hall–Kier alpha value is -1.59. The van der Waals surface area contributed by atoms with Crippen molar-refractivity contribution in [3.05, 3.63) is 0 Å². The fourth-order valence-corrected chi connectivity index (χ4v) is 1.31. The molecule has 17 heavy (non-hydrogen) atoms. The van der Waals surface area contributed by atoms with Gasteiger partial charge in [0.2, 0.25) is 17.7 Å². The van der Waals surface area contributed by atoms with Crippen molar-refractivity contribution in [2.24, 2.45) is 17.4 Å². The van der Waals surface area contributed by atoms with Gasteiger partial charge in [-0.15, -0.1) is 0 Å². The molecule has 1 unspecified atom stereocenters. The number of rotatable bonds is 8. The predicted octanol–water partition coefficient (Wildman–Crippen LogP) is -0.388. The highest BCUT2D eigenvalue weighted by atomic mass is 16.2. The molecule has 0 aromatic carbocycles. The Kier molecular flexibility index (Phi) is 6.93. The number of nitrogens with two attached hydrogens (primary N) is 2. The van der Waals surface area contributed by atoms with Crippen molar-refractivity contribution in [1.29, 1.82) is 0 Å². The van der Waals surface area contributed by atoms with E-state index in [2.05, 4.69) is 0 Å². The molecule has 0 aromatic rings. The van der Waals surface area contributed by atoms with Crippen LogP contribution in [0, 0.1) is 5.92 Å². The van der Waals surface area contributed by atoms with E-state index in [1.54, 1.807) is 0 Å². The number of amides is 3. The molecule has 0 heterocycles. The third kappa shape index (κ3) is 6.55. The number of hydrogen-bond donors (Lipinski definition) is 2. The van der Waals surface area contributed by atoms with E-state index < -0.39 is 11.8 Å². The SMILES string of the molecule is CCC(C)C(=O)N(CCC(N)=O)CCC(N)=O. The maximum atomic E-state index is 11.9. The minimum absolute atomic E-state index is 0.0741. The van der Waals surface area contributed by atoms with Crippen LogP contribution in [0.2, 0.25) is 0 Å². The number of carbonyl (C=O) groups is 3. The molecule has 0 saturated heterocycles. The van der Waals surface area contributed by atoms with Gasteiger partial charge in [0.25, 0.3) is 0 Å². The fraction of sp³-hybridized carbons (Fsp3) is 0.727. The zero-order valence-electron chi connectivity index (χ0n) is 10.4. The van der Waals surface area contributed by atoms with E-state index in [1.807, 2.05) is 13.8 Å². The summed E-state index contributed by atoms with van der Waals surface area (Å²) in [4.78, 5) is 34.8. The van der Waals surface area contributed by atoms with Gasteiger partial charge in [-0.25, -0.2) is 0 Å². The van der Waals surface area contributed by atoms with Crippen molar-refractivity contribution in [1.82, 2.24) is 4.90 Å². The minimum atomic E-state index is -0.467. The van der Waals surface area contributed by atoms with Gasteiger partial charge in [0, 0.05) is 31.8 Å². The van der Waals surface area contributed by atoms with Crippen LogP contribution >= 0.6 is 0 Å². The highest BCUT2D eigenvalue weighted by molar-refractivity contribution is 5.81. The number of primary amides is 2. The van der Waals surface area contributed by atoms with E-state index in [4.69, 9.17) is 11.5 Å². The summed E-state index contributed by atoms with van der Waals surface area (Å²) in [6.45, 7) is 4.20. The second kappa shape index (κ2) is 7.65. The van der Waals surface area contributed by atoms with Crippen LogP contribution in [-0.2, 0) is 14.4 Å². The first-order valence-corrected chi connectivity index (χ1v) is 5.73. The van der Waals surface area contributed by atoms with E-state index in [9.17, 15) is 14.4 Å². The Bertz CT molecular complexity index is 274. The molecule has 0 bridgehead atoms. The second-order valence-electron chi connectivity index (χ2n) is 4.07. The first-order chi connectivity index (χ1) is 7.88. The largest absolute Gasteiger partial charge is 0.370 e. The molecule has 0 rings (SSSR count). The number of carbonyl (C=O) groups excluding carboxylic acids is 3. The topological polar surface area (TPSA) is 106 Å². The van der Waals surface area contributed by atoms with Crippen LogP contribution in [0.1, 0.15) is 33.1 Å². The summed E-state index contributed by atoms with van der Waals surface area (Å²) in [5.41, 5.74) is 10.1. The lowest BCUT2D eigenvalue weighted by Gasteiger charge is -2.24. The molecule has 0 aliphatic heterocycles. The van der Waals surface area contributed by atoms with E-state index in [1.165, 1.54) is 4.90 Å². The number of hydrogen-bond acceptors (Lipinski definition) is 3. The molecule has 6 heteroatoms. The van der Waals surface area contributed by atoms with Gasteiger partial charge in [0.05, 0.1) is 0 Å². The van der Waals surface area contributed by atoms with E-state index in [-0.39, 0.29) is 37.8 Å². The molecule has 4 N–H and O–H groups in total. The fourth-order valence-electron chi connectivity index (χ4n) is 1.31. The van der Waals surface area contributed by atoms with E-state index in [0.29, 0.717) is 6.42 Å². The van der Waals surface area contributed by atoms with Crippen LogP contribution < -0.4 is 11.5 Å². The summed E-state index contributed by atoms with van der Waals surface area (Å²) in [7, 11) is 0. The molecule has 0 aliphatic rings. The van der Waals surface area contributed by atoms with Crippen LogP contribution in [0.5, 0.6) is 0 Å². The molecule has 0 fully saturated rings. The molecule has 0 saturated carbocycles. The Morgan fingerprint density at radius 1 is 1.06 bits per heavy atom. The van der Waals surface area contributed by atoms with Crippen LogP contribution in [-0.4, -0.2) is 35.7 Å². The average molecular weight is 243 g/mol. The smallest absolute Gasteiger partial charge is 0.225 e. The van der Waals surface area contributed by atoms with Gasteiger partial charge in [0.1, 0.15) is 0 Å². The minimum Gasteiger partial charge on any atom is -0.370 e. The van der Waals surface area contributed by atoms with Crippen LogP contribution in [0.3, 0.4) is 0 Å². The summed E-state index contributed by atoms with van der Waals surface area (Å²) in [5.74, 6) is -1.14. The Morgan fingerprint density at radius 2 is 1.47 bits per heavy atom. The van der Waals surface area contributed by atoms with Crippen molar-refractivity contribution < 1.29 is 14.4 Å². The maximum absolute atomic E-state index is 11.9. The van der Waals surface area contributed by atoms with Crippen LogP contribution in [0.25, 0.3) is 0 Å². The highest BCUT2D eigenvalue weighted by Crippen LogP contribution is 2.08. The molecule has 0 aromatic heterocycles. The molecule has 0 spiro atoms. The lowest BCUT2D eigenvalue weighted by atomic mass is 10.1. The van der Waals surface area contributed by atoms with Crippen molar-refractivity contribution >= 4 is 17.7 Å². The van der Waals surface area contributed by atoms with E-state index >= 15 is 0 Å². The van der Waals surface area contributed by atoms with Crippen molar-refractivity contribution in [3.63, 3.8) is 0 Å². The molecule has 98 valence electrons. The van der Waals surface area contributed by atoms with Crippen molar-refractivity contribution in [3.8, 4) is 0 Å². The van der Waals surface area contributed by atoms with Crippen molar-refractivity contribution in [2.45, 2.75) is 33.1 Å². The molecular formula is C11H21N3O3. The molecule has 1 atom stereocenters. The standard InChI is InChI=1S/C11H21N3O3/c1-3-8(2)11(17)14(6-4-9(12)15)7-5-10(13)16/h8H,3-7H2,1-2H3,(H2,12,15)(H2,13,16). The van der Waals surface area contributed by atoms with Crippen LogP contribution in [0.15, 0.2) is 0 Å². The molecule has 0 radical (unpaired) electrons. The summed E-state index contributed by atoms with van der Waals surface area (Å²) in [6.07, 6.45) is 0.907. The molecular weight excluding hydrogens is 222 g/mol. The molecule has 3 amide bonds. The maximum Gasteiger partial charge on any atom is 0.225 e. The van der Waals surface area contributed by atoms with Gasteiger partial charge in [-0.1, -0.05) is 13.8 Å². The zero-order chi connectivity index (χ0) is 13.4. The molecule has 6 nitrogen and oxygen atoms in total. The predicted molar refractivity (Wildman–Crippen MR) is 63.7 cm³/mol. The monoisotopic (exact) mass is 243 g/mol. The highest BCUT2D eigenvalue weighted by Gasteiger charge is 2.19. The summed E-state index contributed by atoms with van der Waals surface area (Å²) in [6, 6.07) is 0. The quantitative estimate of drug-likeness (QED) is 0.606. The molecule has 0 aliphatic carbocycles. The van der Waals surface area contributed by atoms with Gasteiger partial charge >= 0.3 is 0 Å². The summed E-state index contributed by atoms with van der Waals surface area (Å²) < 4.78 is 0. The Labute approximate surface area is 101 Å². The third-order valence-corrected chi connectivity index (χ3v) is 2.60. The van der Waals surface area contributed by atoms with Gasteiger partial charge < -0.3 is 16.4 Å². The normalized spacial score (nSPS) is 11.9. The Balaban J connectivity index is 4.42.